The molecule has 0 aromatic heterocycles. The molecule has 292 valence electrons. The Morgan fingerprint density at radius 3 is 1.90 bits per heavy atom. The van der Waals surface area contributed by atoms with Crippen LogP contribution < -0.4 is 16.0 Å². The lowest BCUT2D eigenvalue weighted by Gasteiger charge is -2.41. The number of aliphatic hydroxyl groups excluding tert-OH is 1. The average molecular weight is 720 g/mol. The summed E-state index contributed by atoms with van der Waals surface area (Å²) < 4.78 is 11.8. The molecule has 1 rings (SSSR count). The van der Waals surface area contributed by atoms with Crippen molar-refractivity contribution >= 4 is 23.6 Å². The van der Waals surface area contributed by atoms with Crippen LogP contribution >= 0.6 is 0 Å². The van der Waals surface area contributed by atoms with Crippen LogP contribution in [0, 0.1) is 23.7 Å². The molecule has 0 aliphatic carbocycles. The molecule has 12 nitrogen and oxygen atoms in total. The number of nitrogens with one attached hydrogen (secondary N) is 3. The average Bonchev–Trinajstić information content (AvgIpc) is 3.10. The van der Waals surface area contributed by atoms with Crippen molar-refractivity contribution < 1.29 is 33.8 Å². The van der Waals surface area contributed by atoms with E-state index in [2.05, 4.69) is 16.0 Å². The first-order valence-electron chi connectivity index (χ1n) is 18.6. The number of likely N-dealkylation sites (N-methyl/N-ethyl adjacent to an activating group) is 2. The minimum Gasteiger partial charge on any atom is -0.386 e. The van der Waals surface area contributed by atoms with Gasteiger partial charge in [0.15, 0.2) is 0 Å². The second-order valence-corrected chi connectivity index (χ2v) is 14.6. The molecule has 1 unspecified atom stereocenters. The standard InChI is InChI=1S/C39H69N5O7/c1-14-16-22-44(39(51-13)27(8)36(47)41-28(9)35(46)29-20-18-17-19-21-29)31(45)23-30(50-12)34(26(7)15-2)43(11)38(49)33(25(5)6)42-37(48)32(40-10)24(3)4/h17-21,24-28,30,32-35,39-40,46H,14-16,22-23H2,1-13H3,(H,41,47)(H,42,48)/t26-,27-,28+,30+,32?,33-,34-,35+,39+/m0/s1. The number of benzene rings is 1. The van der Waals surface area contributed by atoms with E-state index in [1.54, 1.807) is 49.9 Å². The van der Waals surface area contributed by atoms with Gasteiger partial charge in [0.1, 0.15) is 12.3 Å². The van der Waals surface area contributed by atoms with Gasteiger partial charge in [-0.2, -0.15) is 0 Å². The topological polar surface area (TPSA) is 150 Å². The van der Waals surface area contributed by atoms with Crippen LogP contribution in [-0.2, 0) is 28.7 Å². The fourth-order valence-electron chi connectivity index (χ4n) is 6.59. The van der Waals surface area contributed by atoms with Gasteiger partial charge < -0.3 is 40.3 Å². The number of aliphatic hydroxyl groups is 1. The summed E-state index contributed by atoms with van der Waals surface area (Å²) in [7, 11) is 6.44. The third-order valence-electron chi connectivity index (χ3n) is 10.0. The molecule has 0 fully saturated rings. The van der Waals surface area contributed by atoms with Crippen molar-refractivity contribution in [3.8, 4) is 0 Å². The van der Waals surface area contributed by atoms with Gasteiger partial charge in [-0.1, -0.05) is 91.6 Å². The first-order chi connectivity index (χ1) is 24.0. The normalized spacial score (nSPS) is 17.0. The molecule has 4 N–H and O–H groups in total. The van der Waals surface area contributed by atoms with Gasteiger partial charge in [0.2, 0.25) is 23.6 Å². The molecule has 0 saturated carbocycles. The van der Waals surface area contributed by atoms with Crippen molar-refractivity contribution in [3.05, 3.63) is 35.9 Å². The third-order valence-corrected chi connectivity index (χ3v) is 10.0. The molecule has 0 aliphatic heterocycles. The molecule has 4 amide bonds. The van der Waals surface area contributed by atoms with Crippen molar-refractivity contribution in [2.75, 3.05) is 34.9 Å². The number of hydrogen-bond acceptors (Lipinski definition) is 8. The summed E-state index contributed by atoms with van der Waals surface area (Å²) in [5.74, 6) is -2.11. The van der Waals surface area contributed by atoms with E-state index >= 15 is 0 Å². The molecule has 0 aliphatic rings. The lowest BCUT2D eigenvalue weighted by atomic mass is 9.89. The predicted molar refractivity (Wildman–Crippen MR) is 201 cm³/mol. The molecule has 0 bridgehead atoms. The van der Waals surface area contributed by atoms with Crippen molar-refractivity contribution in [1.82, 2.24) is 25.8 Å². The molecule has 1 aromatic carbocycles. The summed E-state index contributed by atoms with van der Waals surface area (Å²) in [5.41, 5.74) is 0.686. The summed E-state index contributed by atoms with van der Waals surface area (Å²) >= 11 is 0. The van der Waals surface area contributed by atoms with Gasteiger partial charge in [0, 0.05) is 27.8 Å². The van der Waals surface area contributed by atoms with Gasteiger partial charge in [-0.15, -0.1) is 0 Å². The summed E-state index contributed by atoms with van der Waals surface area (Å²) in [5, 5.41) is 19.8. The highest BCUT2D eigenvalue weighted by molar-refractivity contribution is 5.90. The van der Waals surface area contributed by atoms with Crippen LogP contribution in [0.4, 0.5) is 0 Å². The van der Waals surface area contributed by atoms with Gasteiger partial charge >= 0.3 is 0 Å². The Labute approximate surface area is 307 Å². The minimum absolute atomic E-state index is 0.0250. The highest BCUT2D eigenvalue weighted by Crippen LogP contribution is 2.26. The largest absolute Gasteiger partial charge is 0.386 e. The van der Waals surface area contributed by atoms with E-state index < -0.39 is 48.5 Å². The van der Waals surface area contributed by atoms with E-state index in [9.17, 15) is 24.3 Å². The maximum absolute atomic E-state index is 14.3. The minimum atomic E-state index is -0.913. The van der Waals surface area contributed by atoms with Gasteiger partial charge in [0.05, 0.1) is 42.7 Å². The van der Waals surface area contributed by atoms with Crippen LogP contribution in [-0.4, -0.2) is 110 Å². The first-order valence-corrected chi connectivity index (χ1v) is 18.6. The number of unbranched alkanes of at least 4 members (excludes halogenated alkanes) is 1. The van der Waals surface area contributed by atoms with Gasteiger partial charge in [-0.3, -0.25) is 19.2 Å². The number of methoxy groups -OCH3 is 2. The van der Waals surface area contributed by atoms with E-state index in [0.717, 1.165) is 6.42 Å². The number of rotatable bonds is 23. The molecule has 0 heterocycles. The van der Waals surface area contributed by atoms with Crippen LogP contribution in [0.5, 0.6) is 0 Å². The molecule has 0 saturated heterocycles. The van der Waals surface area contributed by atoms with Crippen LogP contribution in [0.3, 0.4) is 0 Å². The molecular weight excluding hydrogens is 650 g/mol. The van der Waals surface area contributed by atoms with Crippen molar-refractivity contribution in [3.63, 3.8) is 0 Å². The highest BCUT2D eigenvalue weighted by atomic mass is 16.5. The number of amides is 4. The predicted octanol–water partition coefficient (Wildman–Crippen LogP) is 4.13. The molecule has 0 spiro atoms. The monoisotopic (exact) mass is 720 g/mol. The molecule has 1 aromatic rings. The maximum Gasteiger partial charge on any atom is 0.245 e. The van der Waals surface area contributed by atoms with Crippen LogP contribution in [0.2, 0.25) is 0 Å². The second-order valence-electron chi connectivity index (χ2n) is 14.6. The van der Waals surface area contributed by atoms with Crippen molar-refractivity contribution in [2.24, 2.45) is 23.7 Å². The quantitative estimate of drug-likeness (QED) is 0.124. The smallest absolute Gasteiger partial charge is 0.245 e. The summed E-state index contributed by atoms with van der Waals surface area (Å²) in [6.07, 6.45) is -0.317. The Morgan fingerprint density at radius 1 is 0.843 bits per heavy atom. The summed E-state index contributed by atoms with van der Waals surface area (Å²) in [6, 6.07) is 6.80. The molecular formula is C39H69N5O7. The second kappa shape index (κ2) is 22.8. The Morgan fingerprint density at radius 2 is 1.43 bits per heavy atom. The Hall–Kier alpha value is -3.06. The summed E-state index contributed by atoms with van der Waals surface area (Å²) in [6.45, 7) is 17.5. The molecule has 0 radical (unpaired) electrons. The number of nitrogens with zero attached hydrogens (tertiary/aromatic N) is 2. The lowest BCUT2D eigenvalue weighted by Crippen LogP contribution is -2.59. The number of ether oxygens (including phenoxy) is 2. The number of carbonyl (C=O) groups excluding carboxylic acids is 4. The number of hydrogen-bond donors (Lipinski definition) is 4. The SMILES string of the molecule is CCCCN(C(=O)C[C@@H](OC)[C@H]([C@@H](C)CC)N(C)C(=O)[C@@H](NC(=O)C(NC)C(C)C)C(C)C)[C@H](OC)[C@@H](C)C(=O)N[C@H](C)[C@@H](O)c1ccccc1. The van der Waals surface area contributed by atoms with Gasteiger partial charge in [0.25, 0.3) is 0 Å². The fourth-order valence-corrected chi connectivity index (χ4v) is 6.59. The Bertz CT molecular complexity index is 1200. The third kappa shape index (κ3) is 13.1. The molecule has 51 heavy (non-hydrogen) atoms. The zero-order valence-electron chi connectivity index (χ0n) is 33.6. The lowest BCUT2D eigenvalue weighted by molar-refractivity contribution is -0.158. The van der Waals surface area contributed by atoms with Crippen molar-refractivity contribution in [2.45, 2.75) is 131 Å². The summed E-state index contributed by atoms with van der Waals surface area (Å²) in [4.78, 5) is 58.3. The van der Waals surface area contributed by atoms with Crippen LogP contribution in [0.15, 0.2) is 30.3 Å². The van der Waals surface area contributed by atoms with E-state index in [0.29, 0.717) is 24.9 Å². The van der Waals surface area contributed by atoms with Gasteiger partial charge in [-0.25, -0.2) is 0 Å². The Kier molecular flexibility index (Phi) is 20.5. The van der Waals surface area contributed by atoms with E-state index in [4.69, 9.17) is 9.47 Å². The maximum atomic E-state index is 14.3. The first kappa shape index (κ1) is 46.0. The van der Waals surface area contributed by atoms with Crippen molar-refractivity contribution in [1.29, 1.82) is 0 Å². The van der Waals surface area contributed by atoms with E-state index in [1.807, 2.05) is 66.7 Å². The van der Waals surface area contributed by atoms with Crippen LogP contribution in [0.25, 0.3) is 0 Å². The number of carbonyl (C=O) groups is 4. The highest BCUT2D eigenvalue weighted by Gasteiger charge is 2.40. The molecule has 9 atom stereocenters. The zero-order valence-corrected chi connectivity index (χ0v) is 33.6. The Balaban J connectivity index is 3.33. The molecule has 12 heteroatoms. The van der Waals surface area contributed by atoms with Gasteiger partial charge in [-0.05, 0) is 50.6 Å². The fraction of sp³-hybridized carbons (Fsp3) is 0.744. The van der Waals surface area contributed by atoms with E-state index in [-0.39, 0.29) is 47.8 Å². The van der Waals surface area contributed by atoms with E-state index in [1.165, 1.54) is 14.2 Å². The zero-order chi connectivity index (χ0) is 39.0. The van der Waals surface area contributed by atoms with Crippen LogP contribution in [0.1, 0.15) is 99.7 Å².